The third-order valence-electron chi connectivity index (χ3n) is 2.12. The summed E-state index contributed by atoms with van der Waals surface area (Å²) in [7, 11) is 0. The Labute approximate surface area is 85.5 Å². The number of amides is 1. The molecule has 0 aliphatic heterocycles. The lowest BCUT2D eigenvalue weighted by Gasteiger charge is -1.93. The number of furan rings is 1. The van der Waals surface area contributed by atoms with Crippen LogP contribution in [0.5, 0.6) is 0 Å². The Morgan fingerprint density at radius 2 is 2.27 bits per heavy atom. The lowest BCUT2D eigenvalue weighted by molar-refractivity contribution is 0.0928. The number of nitrogens with one attached hydrogen (secondary N) is 1. The van der Waals surface area contributed by atoms with Gasteiger partial charge in [0.15, 0.2) is 5.76 Å². The van der Waals surface area contributed by atoms with E-state index in [9.17, 15) is 4.79 Å². The van der Waals surface area contributed by atoms with Gasteiger partial charge in [0, 0.05) is 5.39 Å². The van der Waals surface area contributed by atoms with Crippen LogP contribution in [0.4, 0.5) is 0 Å². The molecule has 2 rings (SSSR count). The molecular formula is C10H10N2O3. The van der Waals surface area contributed by atoms with E-state index in [4.69, 9.17) is 15.4 Å². The van der Waals surface area contributed by atoms with Gasteiger partial charge >= 0.3 is 5.91 Å². The Kier molecular flexibility index (Phi) is 2.40. The highest BCUT2D eigenvalue weighted by atomic mass is 16.3. The molecule has 0 saturated heterocycles. The van der Waals surface area contributed by atoms with Gasteiger partial charge in [-0.05, 0) is 23.8 Å². The van der Waals surface area contributed by atoms with Gasteiger partial charge in [0.1, 0.15) is 5.58 Å². The topological polar surface area (TPSA) is 88.5 Å². The fourth-order valence-corrected chi connectivity index (χ4v) is 1.37. The zero-order valence-electron chi connectivity index (χ0n) is 7.86. The number of fused-ring (bicyclic) bond motifs is 1. The normalized spacial score (nSPS) is 10.5. The molecule has 1 aromatic carbocycles. The van der Waals surface area contributed by atoms with E-state index < -0.39 is 5.91 Å². The first-order valence-electron chi connectivity index (χ1n) is 4.39. The molecule has 1 amide bonds. The van der Waals surface area contributed by atoms with Crippen molar-refractivity contribution < 1.29 is 14.3 Å². The van der Waals surface area contributed by atoms with Crippen LogP contribution < -0.4 is 11.3 Å². The molecular weight excluding hydrogens is 196 g/mol. The number of aliphatic hydroxyl groups is 1. The molecule has 0 bridgehead atoms. The Morgan fingerprint density at radius 3 is 2.93 bits per heavy atom. The maximum atomic E-state index is 11.2. The van der Waals surface area contributed by atoms with Gasteiger partial charge in [-0.25, -0.2) is 5.84 Å². The summed E-state index contributed by atoms with van der Waals surface area (Å²) in [5.41, 5.74) is 3.34. The number of nitrogen functional groups attached to an aromatic ring is 1. The third-order valence-corrected chi connectivity index (χ3v) is 2.12. The second-order valence-electron chi connectivity index (χ2n) is 3.11. The van der Waals surface area contributed by atoms with E-state index in [0.29, 0.717) is 5.58 Å². The smallest absolute Gasteiger partial charge is 0.300 e. The molecule has 78 valence electrons. The highest BCUT2D eigenvalue weighted by molar-refractivity contribution is 5.95. The predicted molar refractivity (Wildman–Crippen MR) is 53.8 cm³/mol. The first-order valence-corrected chi connectivity index (χ1v) is 4.39. The van der Waals surface area contributed by atoms with E-state index >= 15 is 0 Å². The van der Waals surface area contributed by atoms with Crippen LogP contribution in [-0.2, 0) is 6.61 Å². The number of rotatable bonds is 2. The number of hydrogen-bond donors (Lipinski definition) is 3. The maximum Gasteiger partial charge on any atom is 0.300 e. The van der Waals surface area contributed by atoms with E-state index in [1.807, 2.05) is 5.43 Å². The van der Waals surface area contributed by atoms with Crippen LogP contribution in [0.1, 0.15) is 16.1 Å². The minimum atomic E-state index is -0.475. The van der Waals surface area contributed by atoms with Crippen LogP contribution in [-0.4, -0.2) is 11.0 Å². The number of nitrogens with two attached hydrogens (primary N) is 1. The molecule has 0 fully saturated rings. The summed E-state index contributed by atoms with van der Waals surface area (Å²) in [5, 5.41) is 9.69. The van der Waals surface area contributed by atoms with Gasteiger partial charge in [0.2, 0.25) is 0 Å². The Hall–Kier alpha value is -1.85. The Balaban J connectivity index is 2.51. The molecule has 5 nitrogen and oxygen atoms in total. The molecule has 1 aromatic heterocycles. The van der Waals surface area contributed by atoms with E-state index in [1.165, 1.54) is 0 Å². The largest absolute Gasteiger partial charge is 0.451 e. The number of hydrazine groups is 1. The molecule has 2 aromatic rings. The lowest BCUT2D eigenvalue weighted by atomic mass is 10.2. The summed E-state index contributed by atoms with van der Waals surface area (Å²) in [6.45, 7) is -0.0421. The van der Waals surface area contributed by atoms with Gasteiger partial charge in [-0.1, -0.05) is 6.07 Å². The van der Waals surface area contributed by atoms with Crippen molar-refractivity contribution in [3.8, 4) is 0 Å². The number of carbonyl (C=O) groups excluding carboxylic acids is 1. The van der Waals surface area contributed by atoms with Crippen LogP contribution in [0.15, 0.2) is 28.7 Å². The van der Waals surface area contributed by atoms with Gasteiger partial charge in [-0.3, -0.25) is 10.2 Å². The minimum absolute atomic E-state index is 0.0421. The van der Waals surface area contributed by atoms with Crippen LogP contribution in [0.25, 0.3) is 11.0 Å². The summed E-state index contributed by atoms with van der Waals surface area (Å²) in [4.78, 5) is 11.2. The maximum absolute atomic E-state index is 11.2. The first kappa shape index (κ1) is 9.70. The summed E-state index contributed by atoms with van der Waals surface area (Å²) in [6.07, 6.45) is 0. The summed E-state index contributed by atoms with van der Waals surface area (Å²) in [6, 6.07) is 6.77. The number of hydrogen-bond acceptors (Lipinski definition) is 4. The van der Waals surface area contributed by atoms with E-state index in [0.717, 1.165) is 10.9 Å². The number of benzene rings is 1. The quantitative estimate of drug-likeness (QED) is 0.380. The van der Waals surface area contributed by atoms with Gasteiger partial charge < -0.3 is 9.52 Å². The number of aliphatic hydroxyl groups excluding tert-OH is 1. The second-order valence-corrected chi connectivity index (χ2v) is 3.11. The average Bonchev–Trinajstić information content (AvgIpc) is 2.70. The summed E-state index contributed by atoms with van der Waals surface area (Å²) in [5.74, 6) is 4.66. The molecule has 4 N–H and O–H groups in total. The van der Waals surface area contributed by atoms with Crippen LogP contribution >= 0.6 is 0 Å². The SMILES string of the molecule is NNC(=O)c1cc2cc(CO)ccc2o1. The van der Waals surface area contributed by atoms with Crippen LogP contribution in [0, 0.1) is 0 Å². The van der Waals surface area contributed by atoms with Gasteiger partial charge in [0.25, 0.3) is 0 Å². The second kappa shape index (κ2) is 3.72. The summed E-state index contributed by atoms with van der Waals surface area (Å²) < 4.78 is 5.25. The zero-order valence-corrected chi connectivity index (χ0v) is 7.86. The predicted octanol–water partition coefficient (Wildman–Crippen LogP) is 0.529. The molecule has 5 heteroatoms. The zero-order chi connectivity index (χ0) is 10.8. The molecule has 0 aliphatic carbocycles. The standard InChI is InChI=1S/C10H10N2O3/c11-12-10(14)9-4-7-3-6(5-13)1-2-8(7)15-9/h1-4,13H,5,11H2,(H,12,14). The van der Waals surface area contributed by atoms with Crippen LogP contribution in [0.2, 0.25) is 0 Å². The molecule has 0 spiro atoms. The average molecular weight is 206 g/mol. The van der Waals surface area contributed by atoms with E-state index in [-0.39, 0.29) is 12.4 Å². The Bertz CT molecular complexity index is 504. The van der Waals surface area contributed by atoms with Crippen molar-refractivity contribution in [3.05, 3.63) is 35.6 Å². The van der Waals surface area contributed by atoms with E-state index in [1.54, 1.807) is 24.3 Å². The molecule has 0 aliphatic rings. The highest BCUT2D eigenvalue weighted by Crippen LogP contribution is 2.20. The van der Waals surface area contributed by atoms with Crippen molar-refractivity contribution in [2.24, 2.45) is 5.84 Å². The van der Waals surface area contributed by atoms with Crippen molar-refractivity contribution in [3.63, 3.8) is 0 Å². The van der Waals surface area contributed by atoms with Crippen molar-refractivity contribution in [1.29, 1.82) is 0 Å². The third kappa shape index (κ3) is 1.70. The van der Waals surface area contributed by atoms with Gasteiger partial charge in [-0.2, -0.15) is 0 Å². The van der Waals surface area contributed by atoms with Crippen LogP contribution in [0.3, 0.4) is 0 Å². The van der Waals surface area contributed by atoms with E-state index in [2.05, 4.69) is 0 Å². The van der Waals surface area contributed by atoms with Crippen molar-refractivity contribution >= 4 is 16.9 Å². The first-order chi connectivity index (χ1) is 7.24. The van der Waals surface area contributed by atoms with Gasteiger partial charge in [-0.15, -0.1) is 0 Å². The van der Waals surface area contributed by atoms with Crippen molar-refractivity contribution in [2.45, 2.75) is 6.61 Å². The monoisotopic (exact) mass is 206 g/mol. The van der Waals surface area contributed by atoms with Crippen molar-refractivity contribution in [2.75, 3.05) is 0 Å². The lowest BCUT2D eigenvalue weighted by Crippen LogP contribution is -2.29. The van der Waals surface area contributed by atoms with Crippen molar-refractivity contribution in [1.82, 2.24) is 5.43 Å². The molecule has 0 atom stereocenters. The fourth-order valence-electron chi connectivity index (χ4n) is 1.37. The Morgan fingerprint density at radius 1 is 1.47 bits per heavy atom. The number of carbonyl (C=O) groups is 1. The molecule has 1 heterocycles. The van der Waals surface area contributed by atoms with Gasteiger partial charge in [0.05, 0.1) is 6.61 Å². The fraction of sp³-hybridized carbons (Fsp3) is 0.100. The highest BCUT2D eigenvalue weighted by Gasteiger charge is 2.10. The minimum Gasteiger partial charge on any atom is -0.451 e. The molecule has 15 heavy (non-hydrogen) atoms. The molecule has 0 saturated carbocycles. The molecule has 0 radical (unpaired) electrons. The summed E-state index contributed by atoms with van der Waals surface area (Å²) >= 11 is 0. The molecule has 0 unspecified atom stereocenters.